The van der Waals surface area contributed by atoms with E-state index in [2.05, 4.69) is 11.1 Å². The molecule has 0 aliphatic heterocycles. The summed E-state index contributed by atoms with van der Waals surface area (Å²) in [5, 5.41) is 0.655. The molecule has 1 heterocycles. The number of benzene rings is 1. The van der Waals surface area contributed by atoms with E-state index < -0.39 is 0 Å². The largest absolute Gasteiger partial charge is 0.396 e. The van der Waals surface area contributed by atoms with Crippen molar-refractivity contribution in [1.82, 2.24) is 4.98 Å². The Morgan fingerprint density at radius 2 is 2.19 bits per heavy atom. The van der Waals surface area contributed by atoms with Crippen molar-refractivity contribution >= 4 is 17.3 Å². The van der Waals surface area contributed by atoms with Crippen molar-refractivity contribution in [3.05, 3.63) is 47.1 Å². The number of aromatic nitrogens is 1. The average Bonchev–Trinajstić information content (AvgIpc) is 2.30. The summed E-state index contributed by atoms with van der Waals surface area (Å²) < 4.78 is 0. The van der Waals surface area contributed by atoms with Gasteiger partial charge in [-0.15, -0.1) is 0 Å². The normalized spacial score (nSPS) is 10.4. The first-order valence-corrected chi connectivity index (χ1v) is 5.21. The highest BCUT2D eigenvalue weighted by molar-refractivity contribution is 6.30. The SMILES string of the molecule is NCc1cc(Cl)ccc1-c1ncc[c]c1N. The fraction of sp³-hybridized carbons (Fsp3) is 0.0833. The van der Waals surface area contributed by atoms with Crippen LogP contribution in [0.5, 0.6) is 0 Å². The van der Waals surface area contributed by atoms with Gasteiger partial charge in [0.1, 0.15) is 0 Å². The Hall–Kier alpha value is -1.58. The van der Waals surface area contributed by atoms with Gasteiger partial charge in [-0.05, 0) is 23.8 Å². The molecular formula is C12H11ClN3. The fourth-order valence-electron chi connectivity index (χ4n) is 1.55. The molecule has 0 atom stereocenters. The third kappa shape index (κ3) is 2.01. The first-order chi connectivity index (χ1) is 7.72. The van der Waals surface area contributed by atoms with E-state index in [1.54, 1.807) is 18.3 Å². The highest BCUT2D eigenvalue weighted by Gasteiger charge is 2.08. The average molecular weight is 233 g/mol. The highest BCUT2D eigenvalue weighted by atomic mass is 35.5. The van der Waals surface area contributed by atoms with Gasteiger partial charge in [-0.1, -0.05) is 17.7 Å². The minimum absolute atomic E-state index is 0.395. The molecule has 2 aromatic rings. The number of hydrogen-bond donors (Lipinski definition) is 2. The molecular weight excluding hydrogens is 222 g/mol. The molecule has 16 heavy (non-hydrogen) atoms. The van der Waals surface area contributed by atoms with Gasteiger partial charge in [-0.25, -0.2) is 0 Å². The molecule has 0 saturated carbocycles. The minimum atomic E-state index is 0.395. The summed E-state index contributed by atoms with van der Waals surface area (Å²) in [6, 6.07) is 10.1. The summed E-state index contributed by atoms with van der Waals surface area (Å²) in [6.45, 7) is 0.395. The van der Waals surface area contributed by atoms with Crippen molar-refractivity contribution < 1.29 is 0 Å². The topological polar surface area (TPSA) is 64.9 Å². The number of halogens is 1. The van der Waals surface area contributed by atoms with Crippen LogP contribution in [0.25, 0.3) is 11.3 Å². The van der Waals surface area contributed by atoms with Crippen LogP contribution in [0.4, 0.5) is 5.69 Å². The molecule has 3 nitrogen and oxygen atoms in total. The zero-order valence-corrected chi connectivity index (χ0v) is 9.33. The first-order valence-electron chi connectivity index (χ1n) is 4.83. The Bertz CT molecular complexity index is 511. The number of nitrogens with zero attached hydrogens (tertiary/aromatic N) is 1. The van der Waals surface area contributed by atoms with Crippen LogP contribution < -0.4 is 11.5 Å². The van der Waals surface area contributed by atoms with Crippen LogP contribution in [-0.4, -0.2) is 4.98 Å². The highest BCUT2D eigenvalue weighted by Crippen LogP contribution is 2.28. The summed E-state index contributed by atoms with van der Waals surface area (Å²) in [5.74, 6) is 0. The number of anilines is 1. The predicted molar refractivity (Wildman–Crippen MR) is 65.8 cm³/mol. The van der Waals surface area contributed by atoms with E-state index in [9.17, 15) is 0 Å². The van der Waals surface area contributed by atoms with E-state index in [0.717, 1.165) is 11.1 Å². The number of nitrogen functional groups attached to an aromatic ring is 1. The smallest absolute Gasteiger partial charge is 0.0940 e. The minimum Gasteiger partial charge on any atom is -0.396 e. The first kappa shape index (κ1) is 10.9. The van der Waals surface area contributed by atoms with Gasteiger partial charge in [-0.3, -0.25) is 4.98 Å². The molecule has 81 valence electrons. The Kier molecular flexibility index (Phi) is 3.08. The van der Waals surface area contributed by atoms with Gasteiger partial charge in [0.2, 0.25) is 0 Å². The second-order valence-corrected chi connectivity index (χ2v) is 3.79. The quantitative estimate of drug-likeness (QED) is 0.835. The van der Waals surface area contributed by atoms with Crippen LogP contribution in [0.1, 0.15) is 5.56 Å². The maximum absolute atomic E-state index is 5.91. The summed E-state index contributed by atoms with van der Waals surface area (Å²) in [6.07, 6.45) is 1.65. The van der Waals surface area contributed by atoms with Gasteiger partial charge in [0.15, 0.2) is 0 Å². The van der Waals surface area contributed by atoms with Gasteiger partial charge in [0, 0.05) is 29.4 Å². The van der Waals surface area contributed by atoms with E-state index in [1.807, 2.05) is 12.1 Å². The molecule has 0 bridgehead atoms. The summed E-state index contributed by atoms with van der Waals surface area (Å²) in [7, 11) is 0. The Morgan fingerprint density at radius 3 is 2.88 bits per heavy atom. The lowest BCUT2D eigenvalue weighted by Gasteiger charge is -2.09. The molecule has 0 fully saturated rings. The third-order valence-corrected chi connectivity index (χ3v) is 2.55. The lowest BCUT2D eigenvalue weighted by atomic mass is 10.0. The van der Waals surface area contributed by atoms with Gasteiger partial charge in [0.25, 0.3) is 0 Å². The predicted octanol–water partition coefficient (Wildman–Crippen LogP) is 2.24. The Balaban J connectivity index is 2.60. The number of hydrogen-bond acceptors (Lipinski definition) is 3. The van der Waals surface area contributed by atoms with Crippen molar-refractivity contribution in [1.29, 1.82) is 0 Å². The standard InChI is InChI=1S/C12H11ClN3/c13-9-3-4-10(8(6-9)7-14)12-11(15)2-1-5-16-12/h1,3-6H,7,14-15H2. The van der Waals surface area contributed by atoms with E-state index in [0.29, 0.717) is 22.9 Å². The fourth-order valence-corrected chi connectivity index (χ4v) is 1.75. The molecule has 0 spiro atoms. The third-order valence-electron chi connectivity index (χ3n) is 2.31. The molecule has 4 heteroatoms. The van der Waals surface area contributed by atoms with Crippen molar-refractivity contribution in [2.24, 2.45) is 5.73 Å². The lowest BCUT2D eigenvalue weighted by molar-refractivity contribution is 1.07. The molecule has 0 aliphatic rings. The maximum Gasteiger partial charge on any atom is 0.0940 e. The summed E-state index contributed by atoms with van der Waals surface area (Å²) in [5.41, 5.74) is 14.5. The second-order valence-electron chi connectivity index (χ2n) is 3.36. The molecule has 2 rings (SSSR count). The Labute approximate surface area is 99.1 Å². The van der Waals surface area contributed by atoms with Crippen molar-refractivity contribution in [2.75, 3.05) is 5.73 Å². The van der Waals surface area contributed by atoms with Crippen LogP contribution in [0.15, 0.2) is 30.5 Å². The van der Waals surface area contributed by atoms with Crippen LogP contribution in [0.2, 0.25) is 5.02 Å². The number of rotatable bonds is 2. The molecule has 4 N–H and O–H groups in total. The van der Waals surface area contributed by atoms with E-state index in [4.69, 9.17) is 23.1 Å². The van der Waals surface area contributed by atoms with Gasteiger partial charge < -0.3 is 11.5 Å². The van der Waals surface area contributed by atoms with Crippen LogP contribution >= 0.6 is 11.6 Å². The van der Waals surface area contributed by atoms with Crippen LogP contribution in [0.3, 0.4) is 0 Å². The number of pyridine rings is 1. The van der Waals surface area contributed by atoms with Crippen molar-refractivity contribution in [2.45, 2.75) is 6.54 Å². The molecule has 1 aromatic carbocycles. The Morgan fingerprint density at radius 1 is 1.38 bits per heavy atom. The molecule has 0 amide bonds. The van der Waals surface area contributed by atoms with Gasteiger partial charge >= 0.3 is 0 Å². The van der Waals surface area contributed by atoms with Gasteiger partial charge in [-0.2, -0.15) is 0 Å². The van der Waals surface area contributed by atoms with E-state index >= 15 is 0 Å². The maximum atomic E-state index is 5.91. The molecule has 0 aliphatic carbocycles. The van der Waals surface area contributed by atoms with Crippen LogP contribution in [0, 0.1) is 6.07 Å². The second kappa shape index (κ2) is 4.51. The summed E-state index contributed by atoms with van der Waals surface area (Å²) in [4.78, 5) is 4.23. The number of nitrogens with two attached hydrogens (primary N) is 2. The molecule has 1 aromatic heterocycles. The molecule has 1 radical (unpaired) electrons. The van der Waals surface area contributed by atoms with Gasteiger partial charge in [0.05, 0.1) is 11.4 Å². The summed E-state index contributed by atoms with van der Waals surface area (Å²) >= 11 is 5.91. The zero-order valence-electron chi connectivity index (χ0n) is 8.57. The van der Waals surface area contributed by atoms with E-state index in [1.165, 1.54) is 0 Å². The lowest BCUT2D eigenvalue weighted by Crippen LogP contribution is -2.01. The molecule has 0 saturated heterocycles. The van der Waals surface area contributed by atoms with E-state index in [-0.39, 0.29) is 0 Å². The monoisotopic (exact) mass is 232 g/mol. The zero-order chi connectivity index (χ0) is 11.5. The molecule has 0 unspecified atom stereocenters. The van der Waals surface area contributed by atoms with Crippen molar-refractivity contribution in [3.8, 4) is 11.3 Å². The van der Waals surface area contributed by atoms with Crippen LogP contribution in [-0.2, 0) is 6.54 Å². The van der Waals surface area contributed by atoms with Crippen molar-refractivity contribution in [3.63, 3.8) is 0 Å².